The number of hydrogen-bond donors (Lipinski definition) is 0. The number of ketones is 2. The van der Waals surface area contributed by atoms with Gasteiger partial charge in [0.15, 0.2) is 11.6 Å². The minimum absolute atomic E-state index is 0.00567. The Morgan fingerprint density at radius 3 is 1.28 bits per heavy atom. The molecular weight excluding hydrogens is 765 g/mol. The number of rotatable bonds is 8. The van der Waals surface area contributed by atoms with Crippen LogP contribution in [-0.4, -0.2) is 23.4 Å². The third-order valence-corrected chi connectivity index (χ3v) is 12.4. The zero-order valence-electron chi connectivity index (χ0n) is 30.2. The molecule has 1 saturated carbocycles. The van der Waals surface area contributed by atoms with Crippen LogP contribution in [0, 0.1) is 23.5 Å². The van der Waals surface area contributed by atoms with Gasteiger partial charge < -0.3 is 9.80 Å². The van der Waals surface area contributed by atoms with Crippen LogP contribution in [0.2, 0.25) is 10.0 Å². The van der Waals surface area contributed by atoms with Crippen LogP contribution in [0.5, 0.6) is 0 Å². The van der Waals surface area contributed by atoms with Gasteiger partial charge in [-0.15, -0.1) is 0 Å². The summed E-state index contributed by atoms with van der Waals surface area (Å²) in [4.78, 5) is 65.9. The van der Waals surface area contributed by atoms with Gasteiger partial charge in [0.1, 0.15) is 22.5 Å². The lowest BCUT2D eigenvalue weighted by Gasteiger charge is -2.44. The number of Topliss-reactive ketones (excluding diaryl/α,β-unsaturated/α-hetero) is 2. The monoisotopic (exact) mass is 796 g/mol. The third kappa shape index (κ3) is 5.49. The lowest BCUT2D eigenvalue weighted by Crippen LogP contribution is -2.63. The first kappa shape index (κ1) is 36.7. The molecule has 10 heteroatoms. The predicted molar refractivity (Wildman–Crippen MR) is 215 cm³/mol. The maximum absolute atomic E-state index is 16.2. The van der Waals surface area contributed by atoms with Crippen molar-refractivity contribution in [2.75, 3.05) is 9.80 Å². The molecule has 2 spiro atoms. The van der Waals surface area contributed by atoms with Crippen molar-refractivity contribution in [2.24, 2.45) is 11.8 Å². The highest BCUT2D eigenvalue weighted by molar-refractivity contribution is 6.31. The van der Waals surface area contributed by atoms with Crippen LogP contribution in [-0.2, 0) is 33.5 Å². The number of carbonyl (C=O) groups is 4. The molecule has 57 heavy (non-hydrogen) atoms. The van der Waals surface area contributed by atoms with Crippen molar-refractivity contribution in [3.63, 3.8) is 0 Å². The molecule has 1 fully saturated rings. The zero-order chi connectivity index (χ0) is 39.6. The van der Waals surface area contributed by atoms with E-state index in [1.807, 2.05) is 60.7 Å². The van der Waals surface area contributed by atoms with Crippen LogP contribution in [0.25, 0.3) is 0 Å². The molecule has 9 rings (SSSR count). The molecule has 0 bridgehead atoms. The van der Waals surface area contributed by atoms with Crippen molar-refractivity contribution < 1.29 is 28.0 Å². The van der Waals surface area contributed by atoms with E-state index in [4.69, 9.17) is 23.2 Å². The minimum Gasteiger partial charge on any atom is -0.307 e. The first-order valence-electron chi connectivity index (χ1n) is 18.5. The molecule has 0 saturated heterocycles. The number of nitrogens with zero attached hydrogens (tertiary/aromatic N) is 2. The second-order valence-electron chi connectivity index (χ2n) is 14.8. The summed E-state index contributed by atoms with van der Waals surface area (Å²) >= 11 is 12.5. The number of carbonyl (C=O) groups excluding carboxylic acids is 4. The fourth-order valence-corrected chi connectivity index (χ4v) is 9.90. The number of benzene rings is 6. The Morgan fingerprint density at radius 2 is 0.912 bits per heavy atom. The highest BCUT2D eigenvalue weighted by Crippen LogP contribution is 2.70. The van der Waals surface area contributed by atoms with E-state index in [9.17, 15) is 0 Å². The summed E-state index contributed by atoms with van der Waals surface area (Å²) in [5.41, 5.74) is -1.95. The molecule has 0 N–H and O–H groups in total. The molecule has 6 aromatic carbocycles. The first-order chi connectivity index (χ1) is 27.5. The molecule has 6 aromatic rings. The van der Waals surface area contributed by atoms with Crippen molar-refractivity contribution in [1.82, 2.24) is 0 Å². The number of anilines is 2. The van der Waals surface area contributed by atoms with Gasteiger partial charge in [-0.2, -0.15) is 0 Å². The van der Waals surface area contributed by atoms with E-state index >= 15 is 28.0 Å². The standard InChI is InChI=1S/C47H32Cl2F2N2O4/c48-32-15-11-30(12-16-32)42(54)38-25-39(43(55)31-13-17-33(49)18-14-31)47(37-24-35(51)20-22-41(37)53(45(47)57)27-29-9-5-2-6-10-29)46(38)36-23-34(50)19-21-40(36)52(44(46)56)26-28-7-3-1-4-8-28/h1-24,38-39H,25-27H2/t38-,39-,46-,47+/m1/s1. The van der Waals surface area contributed by atoms with Crippen LogP contribution in [0.3, 0.4) is 0 Å². The Balaban J connectivity index is 1.39. The summed E-state index contributed by atoms with van der Waals surface area (Å²) in [7, 11) is 0. The van der Waals surface area contributed by atoms with Crippen LogP contribution in [0.1, 0.15) is 49.4 Å². The highest BCUT2D eigenvalue weighted by atomic mass is 35.5. The number of fused-ring (bicyclic) bond motifs is 5. The number of amides is 2. The Kier molecular flexibility index (Phi) is 8.94. The largest absolute Gasteiger partial charge is 0.307 e. The van der Waals surface area contributed by atoms with Gasteiger partial charge in [0.05, 0.1) is 13.1 Å². The van der Waals surface area contributed by atoms with E-state index in [1.54, 1.807) is 24.3 Å². The number of halogens is 4. The molecule has 3 aliphatic rings. The van der Waals surface area contributed by atoms with Crippen LogP contribution in [0.15, 0.2) is 146 Å². The molecule has 4 atom stereocenters. The van der Waals surface area contributed by atoms with Crippen LogP contribution < -0.4 is 9.80 Å². The highest BCUT2D eigenvalue weighted by Gasteiger charge is 2.81. The van der Waals surface area contributed by atoms with E-state index in [0.717, 1.165) is 11.1 Å². The van der Waals surface area contributed by atoms with Crippen molar-refractivity contribution in [3.05, 3.63) is 201 Å². The topological polar surface area (TPSA) is 74.8 Å². The van der Waals surface area contributed by atoms with Gasteiger partial charge in [-0.05, 0) is 114 Å². The van der Waals surface area contributed by atoms with Crippen molar-refractivity contribution in [1.29, 1.82) is 0 Å². The molecule has 282 valence electrons. The average Bonchev–Trinajstić information content (AvgIpc) is 3.76. The molecular formula is C47H32Cl2F2N2O4. The van der Waals surface area contributed by atoms with E-state index in [2.05, 4.69) is 0 Å². The van der Waals surface area contributed by atoms with Crippen LogP contribution in [0.4, 0.5) is 20.2 Å². The lowest BCUT2D eigenvalue weighted by atomic mass is 9.53. The second-order valence-corrected chi connectivity index (χ2v) is 15.6. The molecule has 1 aliphatic carbocycles. The molecule has 0 radical (unpaired) electrons. The van der Waals surface area contributed by atoms with Gasteiger partial charge in [0.2, 0.25) is 11.8 Å². The summed E-state index contributed by atoms with van der Waals surface area (Å²) in [5, 5.41) is 0.732. The fourth-order valence-electron chi connectivity index (χ4n) is 9.65. The van der Waals surface area contributed by atoms with Crippen LogP contribution >= 0.6 is 23.2 Å². The van der Waals surface area contributed by atoms with Gasteiger partial charge >= 0.3 is 0 Å². The molecule has 0 unspecified atom stereocenters. The molecule has 0 aromatic heterocycles. The molecule has 2 amide bonds. The van der Waals surface area contributed by atoms with Gasteiger partial charge in [-0.3, -0.25) is 19.2 Å². The maximum atomic E-state index is 16.2. The van der Waals surface area contributed by atoms with E-state index in [-0.39, 0.29) is 53.1 Å². The Hall–Kier alpha value is -5.96. The Labute approximate surface area is 337 Å². The summed E-state index contributed by atoms with van der Waals surface area (Å²) in [6, 6.07) is 38.4. The van der Waals surface area contributed by atoms with E-state index in [1.165, 1.54) is 70.5 Å². The maximum Gasteiger partial charge on any atom is 0.240 e. The molecule has 2 aliphatic heterocycles. The van der Waals surface area contributed by atoms with Crippen molar-refractivity contribution in [3.8, 4) is 0 Å². The zero-order valence-corrected chi connectivity index (χ0v) is 31.7. The molecule has 6 nitrogen and oxygen atoms in total. The average molecular weight is 798 g/mol. The second kappa shape index (κ2) is 13.9. The number of hydrogen-bond acceptors (Lipinski definition) is 4. The van der Waals surface area contributed by atoms with Crippen molar-refractivity contribution in [2.45, 2.75) is 30.3 Å². The predicted octanol–water partition coefficient (Wildman–Crippen LogP) is 9.94. The van der Waals surface area contributed by atoms with E-state index in [0.29, 0.717) is 10.0 Å². The van der Waals surface area contributed by atoms with Crippen molar-refractivity contribution >= 4 is 58.0 Å². The van der Waals surface area contributed by atoms with Gasteiger partial charge in [0.25, 0.3) is 0 Å². The Morgan fingerprint density at radius 1 is 0.544 bits per heavy atom. The minimum atomic E-state index is -2.24. The third-order valence-electron chi connectivity index (χ3n) is 11.9. The van der Waals surface area contributed by atoms with Gasteiger partial charge in [-0.25, -0.2) is 8.78 Å². The fraction of sp³-hybridized carbons (Fsp3) is 0.149. The lowest BCUT2D eigenvalue weighted by molar-refractivity contribution is -0.135. The van der Waals surface area contributed by atoms with Gasteiger partial charge in [-0.1, -0.05) is 83.9 Å². The summed E-state index contributed by atoms with van der Waals surface area (Å²) in [6.07, 6.45) is -0.301. The first-order valence-corrected chi connectivity index (χ1v) is 19.2. The smallest absolute Gasteiger partial charge is 0.240 e. The quantitative estimate of drug-likeness (QED) is 0.144. The summed E-state index contributed by atoms with van der Waals surface area (Å²) < 4.78 is 31.9. The summed E-state index contributed by atoms with van der Waals surface area (Å²) in [6.45, 7) is 0.0113. The molecule has 2 heterocycles. The SMILES string of the molecule is O=C(c1ccc(Cl)cc1)[C@H]1C[C@H](C(=O)c2ccc(Cl)cc2)[C@]2(C(=O)N(Cc3ccccc3)c3ccc(F)cc32)[C@]12C(=O)N(Cc1ccccc1)c1ccc(F)cc12. The summed E-state index contributed by atoms with van der Waals surface area (Å²) in [5.74, 6) is -6.69. The van der Waals surface area contributed by atoms with E-state index < -0.39 is 57.7 Å². The normalized spacial score (nSPS) is 22.0. The Bertz CT molecular complexity index is 2430. The van der Waals surface area contributed by atoms with Gasteiger partial charge in [0, 0.05) is 44.4 Å².